The van der Waals surface area contributed by atoms with Crippen molar-refractivity contribution in [3.05, 3.63) is 36.4 Å². The Balaban J connectivity index is 2.86. The van der Waals surface area contributed by atoms with E-state index in [2.05, 4.69) is 21.6 Å². The number of ether oxygens (including phenoxy) is 1. The quantitative estimate of drug-likeness (QED) is 0.617. The molecule has 2 N–H and O–H groups in total. The number of rotatable bonds is 4. The second-order valence-electron chi connectivity index (χ2n) is 2.87. The van der Waals surface area contributed by atoms with Gasteiger partial charge in [-0.15, -0.1) is 0 Å². The Morgan fingerprint density at radius 1 is 1.65 bits per heavy atom. The number of aromatic nitrogens is 1. The molecule has 1 rings (SSSR count). The summed E-state index contributed by atoms with van der Waals surface area (Å²) in [5, 5.41) is 10.9. The highest BCUT2D eigenvalue weighted by molar-refractivity contribution is 5.98. The number of carboxylic acids is 1. The van der Waals surface area contributed by atoms with E-state index in [1.807, 2.05) is 0 Å². The molecule has 0 saturated carbocycles. The Kier molecular flexibility index (Phi) is 4.15. The van der Waals surface area contributed by atoms with Crippen molar-refractivity contribution in [2.75, 3.05) is 11.9 Å². The van der Waals surface area contributed by atoms with Gasteiger partial charge in [-0.25, -0.2) is 14.6 Å². The van der Waals surface area contributed by atoms with Crippen molar-refractivity contribution in [2.45, 2.75) is 0 Å². The van der Waals surface area contributed by atoms with Gasteiger partial charge in [-0.05, 0) is 0 Å². The second-order valence-corrected chi connectivity index (χ2v) is 2.87. The Hall–Kier alpha value is -2.44. The molecule has 0 aromatic carbocycles. The van der Waals surface area contributed by atoms with Crippen LogP contribution < -0.4 is 5.32 Å². The number of hydrogen-bond donors (Lipinski definition) is 2. The van der Waals surface area contributed by atoms with Crippen LogP contribution in [0.2, 0.25) is 0 Å². The van der Waals surface area contributed by atoms with Gasteiger partial charge in [0.1, 0.15) is 6.61 Å². The summed E-state index contributed by atoms with van der Waals surface area (Å²) in [6, 6.07) is 0.700. The summed E-state index contributed by atoms with van der Waals surface area (Å²) in [5.41, 5.74) is -0.555. The lowest BCUT2D eigenvalue weighted by Gasteiger charge is -2.07. The van der Waals surface area contributed by atoms with Crippen LogP contribution in [0, 0.1) is 5.95 Å². The fourth-order valence-corrected chi connectivity index (χ4v) is 0.987. The Labute approximate surface area is 95.7 Å². The molecule has 0 aliphatic heterocycles. The fourth-order valence-electron chi connectivity index (χ4n) is 0.987. The van der Waals surface area contributed by atoms with Crippen LogP contribution in [-0.2, 0) is 4.74 Å². The van der Waals surface area contributed by atoms with E-state index in [4.69, 9.17) is 5.11 Å². The molecule has 0 radical (unpaired) electrons. The number of nitrogens with zero attached hydrogens (tertiary/aromatic N) is 1. The van der Waals surface area contributed by atoms with Gasteiger partial charge in [-0.2, -0.15) is 4.39 Å². The first-order valence-corrected chi connectivity index (χ1v) is 4.48. The van der Waals surface area contributed by atoms with Crippen molar-refractivity contribution in [3.8, 4) is 0 Å². The lowest BCUT2D eigenvalue weighted by atomic mass is 10.2. The van der Waals surface area contributed by atoms with Crippen LogP contribution in [-0.4, -0.2) is 28.8 Å². The van der Waals surface area contributed by atoms with Gasteiger partial charge < -0.3 is 9.84 Å². The third-order valence-corrected chi connectivity index (χ3v) is 1.67. The van der Waals surface area contributed by atoms with E-state index in [-0.39, 0.29) is 12.3 Å². The second kappa shape index (κ2) is 5.59. The van der Waals surface area contributed by atoms with E-state index < -0.39 is 23.6 Å². The van der Waals surface area contributed by atoms with E-state index in [0.29, 0.717) is 6.07 Å². The molecule has 0 unspecified atom stereocenters. The third-order valence-electron chi connectivity index (χ3n) is 1.67. The van der Waals surface area contributed by atoms with Gasteiger partial charge in [0.15, 0.2) is 0 Å². The first-order valence-electron chi connectivity index (χ1n) is 4.48. The largest absolute Gasteiger partial charge is 0.478 e. The first kappa shape index (κ1) is 12.6. The minimum Gasteiger partial charge on any atom is -0.478 e. The molecule has 0 spiro atoms. The number of nitrogens with one attached hydrogen (secondary N) is 1. The van der Waals surface area contributed by atoms with Crippen LogP contribution in [0.1, 0.15) is 10.4 Å². The van der Waals surface area contributed by atoms with Gasteiger partial charge in [0.25, 0.3) is 0 Å². The monoisotopic (exact) mass is 240 g/mol. The van der Waals surface area contributed by atoms with Crippen LogP contribution in [0.15, 0.2) is 24.9 Å². The van der Waals surface area contributed by atoms with Crippen molar-refractivity contribution >= 4 is 17.7 Å². The van der Waals surface area contributed by atoms with Gasteiger partial charge in [0, 0.05) is 6.07 Å². The van der Waals surface area contributed by atoms with E-state index in [1.165, 1.54) is 6.08 Å². The van der Waals surface area contributed by atoms with E-state index in [1.54, 1.807) is 0 Å². The summed E-state index contributed by atoms with van der Waals surface area (Å²) >= 11 is 0. The van der Waals surface area contributed by atoms with Crippen LogP contribution in [0.5, 0.6) is 0 Å². The molecule has 0 saturated heterocycles. The maximum absolute atomic E-state index is 12.7. The number of pyridine rings is 1. The normalized spacial score (nSPS) is 9.47. The number of carbonyl (C=O) groups excluding carboxylic acids is 1. The van der Waals surface area contributed by atoms with Gasteiger partial charge >= 0.3 is 12.1 Å². The number of carboxylic acid groups (broad SMARTS) is 1. The Morgan fingerprint density at radius 2 is 2.35 bits per heavy atom. The smallest absolute Gasteiger partial charge is 0.412 e. The molecule has 90 valence electrons. The SMILES string of the molecule is C=CCOC(=O)Nc1cnc(F)cc1C(=O)O. The number of aromatic carboxylic acids is 1. The predicted octanol–water partition coefficient (Wildman–Crippen LogP) is 1.65. The van der Waals surface area contributed by atoms with E-state index in [9.17, 15) is 14.0 Å². The molecule has 0 fully saturated rings. The molecular weight excluding hydrogens is 231 g/mol. The molecule has 7 heteroatoms. The summed E-state index contributed by atoms with van der Waals surface area (Å²) in [4.78, 5) is 25.1. The Bertz CT molecular complexity index is 462. The van der Waals surface area contributed by atoms with Gasteiger partial charge in [-0.3, -0.25) is 5.32 Å². The highest BCUT2D eigenvalue weighted by Crippen LogP contribution is 2.15. The predicted molar refractivity (Wildman–Crippen MR) is 56.3 cm³/mol. The standard InChI is InChI=1S/C10H9FN2O4/c1-2-3-17-10(16)13-7-5-12-8(11)4-6(7)9(14)15/h2,4-5H,1,3H2,(H,13,16)(H,14,15). The summed E-state index contributed by atoms with van der Waals surface area (Å²) in [5.74, 6) is -2.34. The molecule has 1 aromatic heterocycles. The van der Waals surface area contributed by atoms with Crippen molar-refractivity contribution in [1.29, 1.82) is 0 Å². The lowest BCUT2D eigenvalue weighted by Crippen LogP contribution is -2.16. The maximum atomic E-state index is 12.7. The van der Waals surface area contributed by atoms with Crippen molar-refractivity contribution in [3.63, 3.8) is 0 Å². The van der Waals surface area contributed by atoms with Crippen LogP contribution in [0.4, 0.5) is 14.9 Å². The summed E-state index contributed by atoms with van der Waals surface area (Å²) < 4.78 is 17.3. The topological polar surface area (TPSA) is 88.5 Å². The molecule has 0 bridgehead atoms. The molecule has 17 heavy (non-hydrogen) atoms. The molecular formula is C10H9FN2O4. The summed E-state index contributed by atoms with van der Waals surface area (Å²) in [6.07, 6.45) is 1.37. The minimum absolute atomic E-state index is 0.0249. The van der Waals surface area contributed by atoms with Crippen molar-refractivity contribution in [2.24, 2.45) is 0 Å². The average Bonchev–Trinajstić information content (AvgIpc) is 2.28. The van der Waals surface area contributed by atoms with E-state index in [0.717, 1.165) is 6.20 Å². The summed E-state index contributed by atoms with van der Waals surface area (Å²) in [6.45, 7) is 3.31. The average molecular weight is 240 g/mol. The van der Waals surface area contributed by atoms with Crippen molar-refractivity contribution in [1.82, 2.24) is 4.98 Å². The number of hydrogen-bond acceptors (Lipinski definition) is 4. The number of carbonyl (C=O) groups is 2. The minimum atomic E-state index is -1.38. The molecule has 1 aromatic rings. The van der Waals surface area contributed by atoms with Gasteiger partial charge in [-0.1, -0.05) is 12.7 Å². The van der Waals surface area contributed by atoms with Crippen molar-refractivity contribution < 1.29 is 23.8 Å². The summed E-state index contributed by atoms with van der Waals surface area (Å²) in [7, 11) is 0. The van der Waals surface area contributed by atoms with Crippen LogP contribution in [0.25, 0.3) is 0 Å². The maximum Gasteiger partial charge on any atom is 0.412 e. The number of halogens is 1. The molecule has 1 heterocycles. The molecule has 6 nitrogen and oxygen atoms in total. The van der Waals surface area contributed by atoms with Crippen LogP contribution in [0.3, 0.4) is 0 Å². The van der Waals surface area contributed by atoms with Gasteiger partial charge in [0.2, 0.25) is 5.95 Å². The third kappa shape index (κ3) is 3.56. The first-order chi connectivity index (χ1) is 8.04. The fraction of sp³-hybridized carbons (Fsp3) is 0.100. The number of anilines is 1. The molecule has 0 aliphatic rings. The Morgan fingerprint density at radius 3 is 2.94 bits per heavy atom. The highest BCUT2D eigenvalue weighted by atomic mass is 19.1. The van der Waals surface area contributed by atoms with Gasteiger partial charge in [0.05, 0.1) is 17.4 Å². The van der Waals surface area contributed by atoms with Crippen LogP contribution >= 0.6 is 0 Å². The molecule has 0 atom stereocenters. The highest BCUT2D eigenvalue weighted by Gasteiger charge is 2.14. The van der Waals surface area contributed by atoms with E-state index >= 15 is 0 Å². The zero-order valence-electron chi connectivity index (χ0n) is 8.64. The zero-order chi connectivity index (χ0) is 12.8. The zero-order valence-corrected chi connectivity index (χ0v) is 8.64. The number of amides is 1. The lowest BCUT2D eigenvalue weighted by molar-refractivity contribution is 0.0697. The molecule has 0 aliphatic carbocycles. The molecule has 1 amide bonds.